The molecule has 0 aromatic heterocycles. The second-order valence-corrected chi connectivity index (χ2v) is 3.75. The van der Waals surface area contributed by atoms with E-state index < -0.39 is 0 Å². The van der Waals surface area contributed by atoms with Gasteiger partial charge in [0.05, 0.1) is 6.61 Å². The molecule has 1 N–H and O–H groups in total. The molecule has 0 aromatic rings. The van der Waals surface area contributed by atoms with Gasteiger partial charge in [0, 0.05) is 40.0 Å². The minimum atomic E-state index is 0.790. The molecule has 0 aliphatic rings. The second-order valence-electron chi connectivity index (χ2n) is 3.75. The summed E-state index contributed by atoms with van der Waals surface area (Å²) in [6, 6.07) is 0. The van der Waals surface area contributed by atoms with Crippen molar-refractivity contribution in [2.45, 2.75) is 20.3 Å². The maximum Gasteiger partial charge on any atom is 0.0593 e. The lowest BCUT2D eigenvalue weighted by molar-refractivity contribution is 0.0850. The predicted octanol–water partition coefficient (Wildman–Crippen LogP) is 0.971. The molecule has 0 heterocycles. The Hall–Kier alpha value is -0.160. The maximum atomic E-state index is 5.53. The Kier molecular flexibility index (Phi) is 12.8. The Balaban J connectivity index is 3.26. The molecule has 0 spiro atoms. The van der Waals surface area contributed by atoms with Crippen LogP contribution in [0.4, 0.5) is 0 Å². The van der Waals surface area contributed by atoms with Gasteiger partial charge in [-0.25, -0.2) is 0 Å². The van der Waals surface area contributed by atoms with Crippen LogP contribution in [-0.2, 0) is 9.47 Å². The van der Waals surface area contributed by atoms with Gasteiger partial charge in [-0.15, -0.1) is 0 Å². The van der Waals surface area contributed by atoms with Gasteiger partial charge in [0.25, 0.3) is 0 Å². The number of hydrogen-bond donors (Lipinski definition) is 1. The molecule has 0 aliphatic carbocycles. The summed E-state index contributed by atoms with van der Waals surface area (Å²) >= 11 is 0. The van der Waals surface area contributed by atoms with E-state index in [4.69, 9.17) is 9.47 Å². The van der Waals surface area contributed by atoms with Crippen LogP contribution in [0.25, 0.3) is 0 Å². The fourth-order valence-corrected chi connectivity index (χ4v) is 1.44. The molecule has 0 rings (SSSR count). The van der Waals surface area contributed by atoms with Crippen molar-refractivity contribution in [1.29, 1.82) is 0 Å². The van der Waals surface area contributed by atoms with Crippen LogP contribution in [0.15, 0.2) is 0 Å². The van der Waals surface area contributed by atoms with Crippen molar-refractivity contribution >= 4 is 0 Å². The third-order valence-corrected chi connectivity index (χ3v) is 2.49. The molecule has 0 atom stereocenters. The average Bonchev–Trinajstić information content (AvgIpc) is 2.31. The average molecular weight is 232 g/mol. The number of methoxy groups -OCH3 is 1. The first-order valence-corrected chi connectivity index (χ1v) is 6.34. The minimum absolute atomic E-state index is 0.790. The third kappa shape index (κ3) is 10.4. The van der Waals surface area contributed by atoms with Crippen LogP contribution in [0.5, 0.6) is 0 Å². The van der Waals surface area contributed by atoms with Crippen LogP contribution in [-0.4, -0.2) is 64.6 Å². The Morgan fingerprint density at radius 1 is 1.06 bits per heavy atom. The van der Waals surface area contributed by atoms with Crippen LogP contribution < -0.4 is 5.32 Å². The van der Waals surface area contributed by atoms with E-state index in [1.807, 2.05) is 0 Å². The van der Waals surface area contributed by atoms with Crippen molar-refractivity contribution in [1.82, 2.24) is 10.2 Å². The minimum Gasteiger partial charge on any atom is -0.385 e. The highest BCUT2D eigenvalue weighted by Gasteiger charge is 2.00. The normalized spacial score (nSPS) is 11.2. The molecule has 0 amide bonds. The molecule has 0 radical (unpaired) electrons. The van der Waals surface area contributed by atoms with Crippen LogP contribution in [0.1, 0.15) is 20.3 Å². The fraction of sp³-hybridized carbons (Fsp3) is 1.00. The van der Waals surface area contributed by atoms with Gasteiger partial charge >= 0.3 is 0 Å². The van der Waals surface area contributed by atoms with Crippen molar-refractivity contribution in [3.8, 4) is 0 Å². The van der Waals surface area contributed by atoms with Crippen molar-refractivity contribution in [3.63, 3.8) is 0 Å². The van der Waals surface area contributed by atoms with E-state index in [2.05, 4.69) is 24.1 Å². The number of rotatable bonds is 12. The first kappa shape index (κ1) is 15.8. The Labute approximate surface area is 100 Å². The highest BCUT2D eigenvalue weighted by atomic mass is 16.5. The van der Waals surface area contributed by atoms with Gasteiger partial charge in [0.2, 0.25) is 0 Å². The molecular weight excluding hydrogens is 204 g/mol. The number of hydrogen-bond acceptors (Lipinski definition) is 4. The molecule has 4 heteroatoms. The summed E-state index contributed by atoms with van der Waals surface area (Å²) < 4.78 is 10.5. The lowest BCUT2D eigenvalue weighted by atomic mass is 10.4. The van der Waals surface area contributed by atoms with Crippen molar-refractivity contribution in [3.05, 3.63) is 0 Å². The molecule has 4 nitrogen and oxygen atoms in total. The van der Waals surface area contributed by atoms with Crippen LogP contribution >= 0.6 is 0 Å². The van der Waals surface area contributed by atoms with Gasteiger partial charge in [0.1, 0.15) is 0 Å². The molecule has 0 aromatic carbocycles. The third-order valence-electron chi connectivity index (χ3n) is 2.49. The summed E-state index contributed by atoms with van der Waals surface area (Å²) in [7, 11) is 1.72. The number of nitrogens with one attached hydrogen (secondary N) is 1. The lowest BCUT2D eigenvalue weighted by Crippen LogP contribution is -2.34. The van der Waals surface area contributed by atoms with E-state index in [1.165, 1.54) is 0 Å². The number of ether oxygens (including phenoxy) is 2. The van der Waals surface area contributed by atoms with E-state index >= 15 is 0 Å². The fourth-order valence-electron chi connectivity index (χ4n) is 1.44. The number of likely N-dealkylation sites (N-methyl/N-ethyl adjacent to an activating group) is 2. The summed E-state index contributed by atoms with van der Waals surface area (Å²) in [5.41, 5.74) is 0. The van der Waals surface area contributed by atoms with Crippen molar-refractivity contribution in [2.24, 2.45) is 0 Å². The first-order chi connectivity index (χ1) is 7.85. The van der Waals surface area contributed by atoms with E-state index in [-0.39, 0.29) is 0 Å². The molecule has 0 unspecified atom stereocenters. The zero-order valence-corrected chi connectivity index (χ0v) is 11.1. The van der Waals surface area contributed by atoms with Gasteiger partial charge in [-0.05, 0) is 19.5 Å². The smallest absolute Gasteiger partial charge is 0.0593 e. The van der Waals surface area contributed by atoms with E-state index in [1.54, 1.807) is 7.11 Å². The number of nitrogens with zero attached hydrogens (tertiary/aromatic N) is 1. The van der Waals surface area contributed by atoms with Crippen LogP contribution in [0, 0.1) is 0 Å². The summed E-state index contributed by atoms with van der Waals surface area (Å²) in [5.74, 6) is 0. The predicted molar refractivity (Wildman–Crippen MR) is 68.0 cm³/mol. The quantitative estimate of drug-likeness (QED) is 0.508. The van der Waals surface area contributed by atoms with Gasteiger partial charge in [-0.3, -0.25) is 0 Å². The zero-order valence-electron chi connectivity index (χ0n) is 11.1. The summed E-state index contributed by atoms with van der Waals surface area (Å²) in [6.45, 7) is 12.1. The van der Waals surface area contributed by atoms with Gasteiger partial charge in [-0.1, -0.05) is 13.8 Å². The Morgan fingerprint density at radius 3 is 2.50 bits per heavy atom. The largest absolute Gasteiger partial charge is 0.385 e. The van der Waals surface area contributed by atoms with E-state index in [9.17, 15) is 0 Å². The van der Waals surface area contributed by atoms with E-state index in [0.29, 0.717) is 0 Å². The molecule has 0 saturated carbocycles. The van der Waals surface area contributed by atoms with Crippen LogP contribution in [0.3, 0.4) is 0 Å². The molecule has 0 fully saturated rings. The van der Waals surface area contributed by atoms with Crippen LogP contribution in [0.2, 0.25) is 0 Å². The van der Waals surface area contributed by atoms with Gasteiger partial charge in [0.15, 0.2) is 0 Å². The molecule has 0 aliphatic heterocycles. The molecule has 98 valence electrons. The molecule has 0 saturated heterocycles. The Bertz CT molecular complexity index is 134. The van der Waals surface area contributed by atoms with E-state index in [0.717, 1.165) is 59.0 Å². The topological polar surface area (TPSA) is 33.7 Å². The zero-order chi connectivity index (χ0) is 12.1. The standard InChI is InChI=1S/C12H28N2O2/c1-4-13-7-8-14(5-2)9-12-16-11-6-10-15-3/h13H,4-12H2,1-3H3. The molecular formula is C12H28N2O2. The SMILES string of the molecule is CCNCCN(CC)CCOCCCOC. The first-order valence-electron chi connectivity index (χ1n) is 6.34. The molecule has 16 heavy (non-hydrogen) atoms. The summed E-state index contributed by atoms with van der Waals surface area (Å²) in [5, 5.41) is 3.33. The maximum absolute atomic E-state index is 5.53. The van der Waals surface area contributed by atoms with Gasteiger partial charge in [-0.2, -0.15) is 0 Å². The van der Waals surface area contributed by atoms with Gasteiger partial charge < -0.3 is 19.7 Å². The Morgan fingerprint density at radius 2 is 1.88 bits per heavy atom. The summed E-state index contributed by atoms with van der Waals surface area (Å²) in [6.07, 6.45) is 0.986. The lowest BCUT2D eigenvalue weighted by Gasteiger charge is -2.20. The van der Waals surface area contributed by atoms with Crippen molar-refractivity contribution < 1.29 is 9.47 Å². The molecule has 0 bridgehead atoms. The summed E-state index contributed by atoms with van der Waals surface area (Å²) in [4.78, 5) is 2.40. The highest BCUT2D eigenvalue weighted by molar-refractivity contribution is 4.56. The second kappa shape index (κ2) is 12.9. The van der Waals surface area contributed by atoms with Crippen molar-refractivity contribution in [2.75, 3.05) is 59.7 Å². The monoisotopic (exact) mass is 232 g/mol. The highest BCUT2D eigenvalue weighted by Crippen LogP contribution is 1.89.